The second-order valence-electron chi connectivity index (χ2n) is 13.8. The van der Waals surface area contributed by atoms with Crippen LogP contribution in [0.2, 0.25) is 0 Å². The predicted molar refractivity (Wildman–Crippen MR) is 148 cm³/mol. The zero-order valence-electron chi connectivity index (χ0n) is 24.6. The predicted octanol–water partition coefficient (Wildman–Crippen LogP) is -0.637. The Kier molecular flexibility index (Phi) is 8.94. The molecular weight excluding hydrogens is 530 g/mol. The highest BCUT2D eigenvalue weighted by molar-refractivity contribution is 5.90. The maximum Gasteiger partial charge on any atom is 0.244 e. The summed E-state index contributed by atoms with van der Waals surface area (Å²) in [6.45, 7) is 7.04. The van der Waals surface area contributed by atoms with Gasteiger partial charge in [0.25, 0.3) is 0 Å². The second-order valence-corrected chi connectivity index (χ2v) is 13.8. The van der Waals surface area contributed by atoms with Gasteiger partial charge >= 0.3 is 0 Å². The lowest BCUT2D eigenvalue weighted by Crippen LogP contribution is -2.64. The SMILES string of the molecule is CC(C)(C)CC(=O)N1CCN2C[C@H]1C(=O)NC[C@H]1O[C@@H](CC(=O)N[C@H]3C[C@@H](C2=O)N(C2CCCCC2)C3)[C@H](O)[C@@H]1O. The average Bonchev–Trinajstić information content (AvgIpc) is 3.46. The molecule has 230 valence electrons. The van der Waals surface area contributed by atoms with E-state index in [4.69, 9.17) is 4.74 Å². The summed E-state index contributed by atoms with van der Waals surface area (Å²) in [5, 5.41) is 27.0. The molecule has 6 bridgehead atoms. The van der Waals surface area contributed by atoms with Gasteiger partial charge in [0.15, 0.2) is 0 Å². The summed E-state index contributed by atoms with van der Waals surface area (Å²) < 4.78 is 5.83. The summed E-state index contributed by atoms with van der Waals surface area (Å²) in [5.41, 5.74) is -0.268. The third kappa shape index (κ3) is 6.71. The van der Waals surface area contributed by atoms with Gasteiger partial charge in [-0.1, -0.05) is 40.0 Å². The van der Waals surface area contributed by atoms with Crippen molar-refractivity contribution < 1.29 is 34.1 Å². The second kappa shape index (κ2) is 12.1. The van der Waals surface area contributed by atoms with Crippen molar-refractivity contribution in [2.24, 2.45) is 5.41 Å². The first kappa shape index (κ1) is 30.2. The van der Waals surface area contributed by atoms with Crippen LogP contribution in [0.25, 0.3) is 0 Å². The zero-order chi connectivity index (χ0) is 29.5. The third-order valence-electron chi connectivity index (χ3n) is 9.36. The molecule has 0 aromatic rings. The van der Waals surface area contributed by atoms with E-state index in [-0.39, 0.29) is 67.7 Å². The number of nitrogens with zero attached hydrogens (tertiary/aromatic N) is 3. The van der Waals surface area contributed by atoms with Crippen LogP contribution in [0.3, 0.4) is 0 Å². The monoisotopic (exact) mass is 577 g/mol. The molecule has 12 heteroatoms. The van der Waals surface area contributed by atoms with Gasteiger partial charge in [0.05, 0.1) is 25.1 Å². The fourth-order valence-electron chi connectivity index (χ4n) is 7.25. The number of aliphatic hydroxyl groups excluding tert-OH is 2. The first-order chi connectivity index (χ1) is 19.4. The van der Waals surface area contributed by atoms with Crippen molar-refractivity contribution in [1.82, 2.24) is 25.3 Å². The highest BCUT2D eigenvalue weighted by atomic mass is 16.5. The highest BCUT2D eigenvalue weighted by Gasteiger charge is 2.48. The Morgan fingerprint density at radius 3 is 2.39 bits per heavy atom. The van der Waals surface area contributed by atoms with Crippen molar-refractivity contribution in [3.63, 3.8) is 0 Å². The Balaban J connectivity index is 1.43. The van der Waals surface area contributed by atoms with Gasteiger partial charge in [-0.05, 0) is 24.7 Å². The number of nitrogens with one attached hydrogen (secondary N) is 2. The summed E-state index contributed by atoms with van der Waals surface area (Å²) in [6.07, 6.45) is 1.63. The molecule has 5 fully saturated rings. The van der Waals surface area contributed by atoms with Gasteiger partial charge in [0.2, 0.25) is 23.6 Å². The molecule has 12 nitrogen and oxygen atoms in total. The lowest BCUT2D eigenvalue weighted by atomic mass is 9.91. The fraction of sp³-hybridized carbons (Fsp3) is 0.862. The summed E-state index contributed by atoms with van der Waals surface area (Å²) >= 11 is 0. The number of hydrogen-bond acceptors (Lipinski definition) is 8. The molecule has 0 unspecified atom stereocenters. The van der Waals surface area contributed by atoms with Crippen molar-refractivity contribution in [2.45, 2.75) is 121 Å². The van der Waals surface area contributed by atoms with Crippen molar-refractivity contribution in [1.29, 1.82) is 0 Å². The first-order valence-corrected chi connectivity index (χ1v) is 15.3. The van der Waals surface area contributed by atoms with E-state index in [2.05, 4.69) is 15.5 Å². The topological polar surface area (TPSA) is 152 Å². The molecule has 41 heavy (non-hydrogen) atoms. The normalized spacial score (nSPS) is 36.3. The quantitative estimate of drug-likeness (QED) is 0.339. The minimum atomic E-state index is -1.27. The maximum atomic E-state index is 14.1. The van der Waals surface area contributed by atoms with Gasteiger partial charge in [-0.15, -0.1) is 0 Å². The number of piperazine rings is 1. The molecule has 0 aromatic carbocycles. The van der Waals surface area contributed by atoms with Crippen LogP contribution in [0.1, 0.15) is 72.1 Å². The molecule has 5 rings (SSSR count). The number of carbonyl (C=O) groups is 4. The molecule has 5 aliphatic rings. The van der Waals surface area contributed by atoms with E-state index >= 15 is 0 Å². The third-order valence-corrected chi connectivity index (χ3v) is 9.36. The van der Waals surface area contributed by atoms with E-state index in [1.54, 1.807) is 9.80 Å². The summed E-state index contributed by atoms with van der Waals surface area (Å²) in [7, 11) is 0. The maximum absolute atomic E-state index is 14.1. The molecular formula is C29H47N5O7. The van der Waals surface area contributed by atoms with Crippen molar-refractivity contribution >= 4 is 23.6 Å². The van der Waals surface area contributed by atoms with E-state index in [1.807, 2.05) is 20.8 Å². The Bertz CT molecular complexity index is 1010. The Morgan fingerprint density at radius 2 is 1.68 bits per heavy atom. The van der Waals surface area contributed by atoms with Crippen LogP contribution in [-0.4, -0.2) is 130 Å². The molecule has 4 amide bonds. The van der Waals surface area contributed by atoms with E-state index in [0.29, 0.717) is 19.5 Å². The number of likely N-dealkylation sites (tertiary alicyclic amines) is 1. The van der Waals surface area contributed by atoms with Gasteiger partial charge in [-0.25, -0.2) is 0 Å². The van der Waals surface area contributed by atoms with Gasteiger partial charge in [0, 0.05) is 44.7 Å². The summed E-state index contributed by atoms with van der Waals surface area (Å²) in [6, 6.07) is -1.28. The number of hydrogen-bond donors (Lipinski definition) is 4. The molecule has 0 radical (unpaired) electrons. The number of ether oxygens (including phenoxy) is 1. The standard InChI is InChI=1S/C29H47N5O7/c1-29(2,3)13-24(36)33-10-9-32-16-20(33)27(39)30-14-22-26(38)25(37)21(41-22)12-23(35)31-17-11-19(28(32)40)34(15-17)18-7-5-4-6-8-18/h17-22,25-26,37-38H,4-16H2,1-3H3,(H,30,39)(H,31,35)/t17-,19-,20-,21-,22+,25-,26+/m0/s1. The van der Waals surface area contributed by atoms with E-state index < -0.39 is 42.4 Å². The van der Waals surface area contributed by atoms with Gasteiger partial charge in [0.1, 0.15) is 24.4 Å². The van der Waals surface area contributed by atoms with Gasteiger partial charge in [-0.2, -0.15) is 0 Å². The highest BCUT2D eigenvalue weighted by Crippen LogP contribution is 2.32. The number of amides is 4. The first-order valence-electron chi connectivity index (χ1n) is 15.3. The Hall–Kier alpha value is -2.28. The van der Waals surface area contributed by atoms with E-state index in [1.165, 1.54) is 6.42 Å². The van der Waals surface area contributed by atoms with Crippen LogP contribution in [0.5, 0.6) is 0 Å². The smallest absolute Gasteiger partial charge is 0.244 e. The summed E-state index contributed by atoms with van der Waals surface area (Å²) in [5.74, 6) is -0.934. The van der Waals surface area contributed by atoms with E-state index in [9.17, 15) is 29.4 Å². The van der Waals surface area contributed by atoms with Crippen molar-refractivity contribution in [3.05, 3.63) is 0 Å². The molecule has 4 aliphatic heterocycles. The minimum absolute atomic E-state index is 0.0608. The van der Waals surface area contributed by atoms with Gasteiger partial charge in [-0.3, -0.25) is 24.1 Å². The number of rotatable bonds is 2. The van der Waals surface area contributed by atoms with Crippen molar-refractivity contribution in [2.75, 3.05) is 32.7 Å². The van der Waals surface area contributed by atoms with Crippen molar-refractivity contribution in [3.8, 4) is 0 Å². The molecule has 0 aromatic heterocycles. The largest absolute Gasteiger partial charge is 0.388 e. The Morgan fingerprint density at radius 1 is 0.976 bits per heavy atom. The average molecular weight is 578 g/mol. The van der Waals surface area contributed by atoms with Crippen LogP contribution >= 0.6 is 0 Å². The molecule has 1 aliphatic carbocycles. The van der Waals surface area contributed by atoms with E-state index in [0.717, 1.165) is 25.7 Å². The molecule has 4 N–H and O–H groups in total. The van der Waals surface area contributed by atoms with Gasteiger partial charge < -0.3 is 35.4 Å². The molecule has 7 atom stereocenters. The number of fused-ring (bicyclic) bond motifs is 6. The minimum Gasteiger partial charge on any atom is -0.388 e. The molecule has 4 saturated heterocycles. The van der Waals surface area contributed by atoms with Crippen LogP contribution < -0.4 is 10.6 Å². The van der Waals surface area contributed by atoms with Crippen LogP contribution in [-0.2, 0) is 23.9 Å². The lowest BCUT2D eigenvalue weighted by Gasteiger charge is -2.43. The number of aliphatic hydroxyl groups is 2. The lowest BCUT2D eigenvalue weighted by molar-refractivity contribution is -0.151. The van der Waals surface area contributed by atoms with Crippen LogP contribution in [0.4, 0.5) is 0 Å². The fourth-order valence-corrected chi connectivity index (χ4v) is 7.25. The molecule has 0 spiro atoms. The molecule has 1 saturated carbocycles. The number of carbonyl (C=O) groups excluding carboxylic acids is 4. The summed E-state index contributed by atoms with van der Waals surface area (Å²) in [4.78, 5) is 59.5. The molecule has 4 heterocycles. The van der Waals surface area contributed by atoms with Crippen LogP contribution in [0.15, 0.2) is 0 Å². The Labute approximate surface area is 242 Å². The zero-order valence-corrected chi connectivity index (χ0v) is 24.6. The van der Waals surface area contributed by atoms with Crippen LogP contribution in [0, 0.1) is 5.41 Å².